The highest BCUT2D eigenvalue weighted by Gasteiger charge is 2.14. The van der Waals surface area contributed by atoms with Crippen LogP contribution < -0.4 is 4.72 Å². The van der Waals surface area contributed by atoms with Crippen LogP contribution >= 0.6 is 11.6 Å². The first kappa shape index (κ1) is 14.8. The van der Waals surface area contributed by atoms with Crippen molar-refractivity contribution in [1.29, 1.82) is 0 Å². The van der Waals surface area contributed by atoms with Crippen LogP contribution in [-0.2, 0) is 16.4 Å². The summed E-state index contributed by atoms with van der Waals surface area (Å²) in [7, 11) is -3.59. The van der Waals surface area contributed by atoms with E-state index in [4.69, 9.17) is 11.6 Å². The number of rotatable bonds is 5. The van der Waals surface area contributed by atoms with Crippen molar-refractivity contribution in [2.24, 2.45) is 0 Å². The molecule has 0 aliphatic rings. The Morgan fingerprint density at radius 2 is 1.85 bits per heavy atom. The van der Waals surface area contributed by atoms with E-state index in [2.05, 4.69) is 16.6 Å². The first-order valence-corrected chi connectivity index (χ1v) is 8.10. The topological polar surface area (TPSA) is 59.1 Å². The summed E-state index contributed by atoms with van der Waals surface area (Å²) in [6, 6.07) is 9.98. The summed E-state index contributed by atoms with van der Waals surface area (Å²) >= 11 is 5.66. The molecule has 0 amide bonds. The van der Waals surface area contributed by atoms with Gasteiger partial charge in [-0.15, -0.1) is 0 Å². The molecule has 0 saturated carbocycles. The van der Waals surface area contributed by atoms with E-state index in [-0.39, 0.29) is 4.90 Å². The summed E-state index contributed by atoms with van der Waals surface area (Å²) < 4.78 is 26.8. The highest BCUT2D eigenvalue weighted by molar-refractivity contribution is 7.92. The molecule has 0 unspecified atom stereocenters. The van der Waals surface area contributed by atoms with Crippen LogP contribution in [0.4, 0.5) is 5.69 Å². The van der Waals surface area contributed by atoms with Crippen molar-refractivity contribution in [2.45, 2.75) is 24.7 Å². The molecule has 0 aliphatic heterocycles. The quantitative estimate of drug-likeness (QED) is 0.860. The predicted molar refractivity (Wildman–Crippen MR) is 80.5 cm³/mol. The molecular weight excluding hydrogens is 296 g/mol. The Balaban J connectivity index is 2.19. The van der Waals surface area contributed by atoms with Crippen LogP contribution in [0.3, 0.4) is 0 Å². The Bertz CT molecular complexity index is 667. The fourth-order valence-corrected chi connectivity index (χ4v) is 2.93. The van der Waals surface area contributed by atoms with Crippen molar-refractivity contribution >= 4 is 27.3 Å². The molecule has 0 spiro atoms. The van der Waals surface area contributed by atoms with Crippen molar-refractivity contribution in [3.63, 3.8) is 0 Å². The molecule has 1 N–H and O–H groups in total. The summed E-state index contributed by atoms with van der Waals surface area (Å²) in [5.74, 6) is 0. The number of sulfonamides is 1. The maximum absolute atomic E-state index is 12.2. The SMILES string of the molecule is CCCc1ccc(S(=O)(=O)Nc2ccc(Cl)nc2)cc1. The Kier molecular flexibility index (Phi) is 4.62. The minimum Gasteiger partial charge on any atom is -0.278 e. The van der Waals surface area contributed by atoms with Gasteiger partial charge in [-0.1, -0.05) is 37.1 Å². The third-order valence-corrected chi connectivity index (χ3v) is 4.37. The van der Waals surface area contributed by atoms with Gasteiger partial charge in [0.1, 0.15) is 5.15 Å². The third-order valence-electron chi connectivity index (χ3n) is 2.75. The number of hydrogen-bond donors (Lipinski definition) is 1. The van der Waals surface area contributed by atoms with Crippen molar-refractivity contribution < 1.29 is 8.42 Å². The molecule has 6 heteroatoms. The molecule has 0 saturated heterocycles. The molecule has 1 heterocycles. The molecule has 1 aromatic carbocycles. The number of aromatic nitrogens is 1. The zero-order valence-electron chi connectivity index (χ0n) is 11.0. The molecule has 4 nitrogen and oxygen atoms in total. The predicted octanol–water partition coefficient (Wildman–Crippen LogP) is 3.49. The number of benzene rings is 1. The van der Waals surface area contributed by atoms with Crippen molar-refractivity contribution in [2.75, 3.05) is 4.72 Å². The Labute approximate surface area is 123 Å². The maximum Gasteiger partial charge on any atom is 0.261 e. The van der Waals surface area contributed by atoms with Crippen LogP contribution in [0.5, 0.6) is 0 Å². The first-order valence-electron chi connectivity index (χ1n) is 6.24. The molecule has 20 heavy (non-hydrogen) atoms. The van der Waals surface area contributed by atoms with E-state index in [0.717, 1.165) is 18.4 Å². The number of anilines is 1. The van der Waals surface area contributed by atoms with Gasteiger partial charge in [-0.05, 0) is 36.2 Å². The smallest absolute Gasteiger partial charge is 0.261 e. The second-order valence-electron chi connectivity index (χ2n) is 4.37. The van der Waals surface area contributed by atoms with Crippen LogP contribution in [-0.4, -0.2) is 13.4 Å². The zero-order valence-corrected chi connectivity index (χ0v) is 12.6. The van der Waals surface area contributed by atoms with Crippen LogP contribution in [0.1, 0.15) is 18.9 Å². The monoisotopic (exact) mass is 310 g/mol. The van der Waals surface area contributed by atoms with Crippen LogP contribution in [0.15, 0.2) is 47.5 Å². The van der Waals surface area contributed by atoms with Crippen LogP contribution in [0, 0.1) is 0 Å². The number of hydrogen-bond acceptors (Lipinski definition) is 3. The first-order chi connectivity index (χ1) is 9.51. The highest BCUT2D eigenvalue weighted by Crippen LogP contribution is 2.17. The van der Waals surface area contributed by atoms with E-state index >= 15 is 0 Å². The number of nitrogens with one attached hydrogen (secondary N) is 1. The Morgan fingerprint density at radius 1 is 1.15 bits per heavy atom. The average molecular weight is 311 g/mol. The van der Waals surface area contributed by atoms with Crippen LogP contribution in [0.25, 0.3) is 0 Å². The molecule has 0 fully saturated rings. The van der Waals surface area contributed by atoms with Gasteiger partial charge in [0.05, 0.1) is 16.8 Å². The Morgan fingerprint density at radius 3 is 2.40 bits per heavy atom. The Hall–Kier alpha value is -1.59. The van der Waals surface area contributed by atoms with Gasteiger partial charge in [-0.2, -0.15) is 0 Å². The van der Waals surface area contributed by atoms with Gasteiger partial charge >= 0.3 is 0 Å². The summed E-state index contributed by atoms with van der Waals surface area (Å²) in [5.41, 5.74) is 1.51. The van der Waals surface area contributed by atoms with Crippen molar-refractivity contribution in [1.82, 2.24) is 4.98 Å². The lowest BCUT2D eigenvalue weighted by atomic mass is 10.1. The van der Waals surface area contributed by atoms with Gasteiger partial charge in [-0.3, -0.25) is 4.72 Å². The van der Waals surface area contributed by atoms with Gasteiger partial charge in [-0.25, -0.2) is 13.4 Å². The number of pyridine rings is 1. The summed E-state index contributed by atoms with van der Waals surface area (Å²) in [5, 5.41) is 0.317. The van der Waals surface area contributed by atoms with E-state index in [1.807, 2.05) is 12.1 Å². The van der Waals surface area contributed by atoms with E-state index in [0.29, 0.717) is 10.8 Å². The van der Waals surface area contributed by atoms with Gasteiger partial charge in [0.15, 0.2) is 0 Å². The normalized spacial score (nSPS) is 11.3. The molecule has 0 radical (unpaired) electrons. The standard InChI is InChI=1S/C14H15ClN2O2S/c1-2-3-11-4-7-13(8-5-11)20(18,19)17-12-6-9-14(15)16-10-12/h4-10,17H,2-3H2,1H3. The highest BCUT2D eigenvalue weighted by atomic mass is 35.5. The lowest BCUT2D eigenvalue weighted by Crippen LogP contribution is -2.13. The van der Waals surface area contributed by atoms with Gasteiger partial charge < -0.3 is 0 Å². The van der Waals surface area contributed by atoms with Gasteiger partial charge in [0, 0.05) is 0 Å². The molecular formula is C14H15ClN2O2S. The average Bonchev–Trinajstić information content (AvgIpc) is 2.42. The lowest BCUT2D eigenvalue weighted by Gasteiger charge is -2.08. The minimum absolute atomic E-state index is 0.229. The molecule has 2 rings (SSSR count). The maximum atomic E-state index is 12.2. The second-order valence-corrected chi connectivity index (χ2v) is 6.44. The number of halogens is 1. The van der Waals surface area contributed by atoms with Crippen LogP contribution in [0.2, 0.25) is 5.15 Å². The van der Waals surface area contributed by atoms with E-state index in [1.54, 1.807) is 18.2 Å². The van der Waals surface area contributed by atoms with Crippen molar-refractivity contribution in [3.05, 3.63) is 53.3 Å². The molecule has 2 aromatic rings. The second kappa shape index (κ2) is 6.24. The molecule has 1 aromatic heterocycles. The molecule has 0 atom stereocenters. The fraction of sp³-hybridized carbons (Fsp3) is 0.214. The molecule has 0 aliphatic carbocycles. The molecule has 106 valence electrons. The van der Waals surface area contributed by atoms with E-state index < -0.39 is 10.0 Å². The number of nitrogens with zero attached hydrogens (tertiary/aromatic N) is 1. The van der Waals surface area contributed by atoms with Crippen molar-refractivity contribution in [3.8, 4) is 0 Å². The number of aryl methyl sites for hydroxylation is 1. The van der Waals surface area contributed by atoms with Gasteiger partial charge in [0.2, 0.25) is 0 Å². The summed E-state index contributed by atoms with van der Waals surface area (Å²) in [6.07, 6.45) is 3.35. The fourth-order valence-electron chi connectivity index (χ4n) is 1.77. The summed E-state index contributed by atoms with van der Waals surface area (Å²) in [6.45, 7) is 2.08. The lowest BCUT2D eigenvalue weighted by molar-refractivity contribution is 0.601. The minimum atomic E-state index is -3.59. The van der Waals surface area contributed by atoms with Gasteiger partial charge in [0.25, 0.3) is 10.0 Å². The van der Waals surface area contributed by atoms with E-state index in [9.17, 15) is 8.42 Å². The summed E-state index contributed by atoms with van der Waals surface area (Å²) in [4.78, 5) is 4.06. The molecule has 0 bridgehead atoms. The van der Waals surface area contributed by atoms with E-state index in [1.165, 1.54) is 12.3 Å². The largest absolute Gasteiger partial charge is 0.278 e. The third kappa shape index (κ3) is 3.71. The zero-order chi connectivity index (χ0) is 14.6.